The van der Waals surface area contributed by atoms with Crippen molar-refractivity contribution < 1.29 is 23.5 Å². The van der Waals surface area contributed by atoms with Crippen molar-refractivity contribution in [2.75, 3.05) is 14.2 Å². The molecule has 0 aliphatic heterocycles. The third-order valence-electron chi connectivity index (χ3n) is 4.74. The van der Waals surface area contributed by atoms with Gasteiger partial charge in [0.05, 0.1) is 12.1 Å². The van der Waals surface area contributed by atoms with Gasteiger partial charge in [-0.3, -0.25) is 4.79 Å². The SMILES string of the molecule is CO[C@@H]1C[C@@H](C(=O)c2ccc(F)cc2)CC[C@H]1N(C)C(=O)OC(C)(C)C. The fraction of sp³-hybridized carbons (Fsp3) is 0.600. The topological polar surface area (TPSA) is 55.8 Å². The lowest BCUT2D eigenvalue weighted by atomic mass is 9.79. The standard InChI is InChI=1S/C20H28FNO4/c1-20(2,3)26-19(24)22(4)16-11-8-14(12-17(16)25-5)18(23)13-6-9-15(21)10-7-13/h6-7,9-10,14,16-17H,8,11-12H2,1-5H3/t14-,16+,17+/m0/s1. The third-order valence-corrected chi connectivity index (χ3v) is 4.74. The first-order valence-electron chi connectivity index (χ1n) is 8.90. The van der Waals surface area contributed by atoms with Crippen molar-refractivity contribution in [3.8, 4) is 0 Å². The highest BCUT2D eigenvalue weighted by molar-refractivity contribution is 5.97. The van der Waals surface area contributed by atoms with Crippen LogP contribution in [-0.4, -0.2) is 48.7 Å². The summed E-state index contributed by atoms with van der Waals surface area (Å²) in [7, 11) is 3.29. The molecule has 0 N–H and O–H groups in total. The van der Waals surface area contributed by atoms with Crippen LogP contribution in [0.3, 0.4) is 0 Å². The maximum absolute atomic E-state index is 13.1. The van der Waals surface area contributed by atoms with E-state index in [1.54, 1.807) is 19.1 Å². The van der Waals surface area contributed by atoms with Gasteiger partial charge in [0.2, 0.25) is 0 Å². The molecule has 26 heavy (non-hydrogen) atoms. The predicted molar refractivity (Wildman–Crippen MR) is 96.7 cm³/mol. The highest BCUT2D eigenvalue weighted by atomic mass is 19.1. The molecule has 0 spiro atoms. The Hall–Kier alpha value is -1.95. The minimum atomic E-state index is -0.566. The van der Waals surface area contributed by atoms with Crippen LogP contribution in [-0.2, 0) is 9.47 Å². The molecule has 0 radical (unpaired) electrons. The molecule has 2 rings (SSSR count). The van der Waals surface area contributed by atoms with Crippen LogP contribution in [0, 0.1) is 11.7 Å². The smallest absolute Gasteiger partial charge is 0.410 e. The summed E-state index contributed by atoms with van der Waals surface area (Å²) < 4.78 is 24.1. The molecule has 144 valence electrons. The second-order valence-corrected chi connectivity index (χ2v) is 7.81. The van der Waals surface area contributed by atoms with Crippen molar-refractivity contribution in [3.05, 3.63) is 35.6 Å². The van der Waals surface area contributed by atoms with E-state index in [9.17, 15) is 14.0 Å². The minimum absolute atomic E-state index is 0.00887. The second kappa shape index (κ2) is 8.16. The number of halogens is 1. The molecule has 1 aromatic carbocycles. The third kappa shape index (κ3) is 5.04. The molecule has 0 bridgehead atoms. The van der Waals surface area contributed by atoms with Crippen LogP contribution in [0.1, 0.15) is 50.4 Å². The summed E-state index contributed by atoms with van der Waals surface area (Å²) in [4.78, 5) is 26.6. The Morgan fingerprint density at radius 1 is 1.15 bits per heavy atom. The molecule has 0 heterocycles. The molecule has 1 aromatic rings. The number of methoxy groups -OCH3 is 1. The second-order valence-electron chi connectivity index (χ2n) is 7.81. The van der Waals surface area contributed by atoms with Crippen molar-refractivity contribution in [1.82, 2.24) is 4.90 Å². The van der Waals surface area contributed by atoms with Gasteiger partial charge in [-0.05, 0) is 64.3 Å². The van der Waals surface area contributed by atoms with Crippen LogP contribution in [0.25, 0.3) is 0 Å². The first-order valence-corrected chi connectivity index (χ1v) is 8.90. The van der Waals surface area contributed by atoms with Crippen LogP contribution in [0.2, 0.25) is 0 Å². The van der Waals surface area contributed by atoms with E-state index in [-0.39, 0.29) is 29.7 Å². The van der Waals surface area contributed by atoms with Crippen molar-refractivity contribution >= 4 is 11.9 Å². The number of likely N-dealkylation sites (N-methyl/N-ethyl adjacent to an activating group) is 1. The van der Waals surface area contributed by atoms with Crippen LogP contribution in [0.4, 0.5) is 9.18 Å². The Bertz CT molecular complexity index is 638. The van der Waals surface area contributed by atoms with Crippen LogP contribution in [0.15, 0.2) is 24.3 Å². The van der Waals surface area contributed by atoms with Crippen molar-refractivity contribution in [2.45, 2.75) is 57.8 Å². The van der Waals surface area contributed by atoms with Gasteiger partial charge in [0.15, 0.2) is 5.78 Å². The van der Waals surface area contributed by atoms with Crippen LogP contribution < -0.4 is 0 Å². The molecule has 0 unspecified atom stereocenters. The van der Waals surface area contributed by atoms with Crippen LogP contribution in [0.5, 0.6) is 0 Å². The summed E-state index contributed by atoms with van der Waals surface area (Å²) in [6, 6.07) is 5.47. The van der Waals surface area contributed by atoms with Crippen LogP contribution >= 0.6 is 0 Å². The zero-order valence-electron chi connectivity index (χ0n) is 16.1. The summed E-state index contributed by atoms with van der Waals surface area (Å²) in [5.74, 6) is -0.571. The summed E-state index contributed by atoms with van der Waals surface area (Å²) in [6.07, 6.45) is 1.16. The highest BCUT2D eigenvalue weighted by Gasteiger charge is 2.38. The lowest BCUT2D eigenvalue weighted by molar-refractivity contribution is -0.0303. The quantitative estimate of drug-likeness (QED) is 0.755. The molecule has 1 fully saturated rings. The Morgan fingerprint density at radius 3 is 2.31 bits per heavy atom. The van der Waals surface area contributed by atoms with E-state index < -0.39 is 11.7 Å². The Labute approximate surface area is 154 Å². The van der Waals surface area contributed by atoms with E-state index in [2.05, 4.69) is 0 Å². The van der Waals surface area contributed by atoms with E-state index in [4.69, 9.17) is 9.47 Å². The van der Waals surface area contributed by atoms with Gasteiger partial charge in [-0.1, -0.05) is 0 Å². The summed E-state index contributed by atoms with van der Waals surface area (Å²) in [5, 5.41) is 0. The molecule has 5 nitrogen and oxygen atoms in total. The Kier molecular flexibility index (Phi) is 6.39. The highest BCUT2D eigenvalue weighted by Crippen LogP contribution is 2.32. The van der Waals surface area contributed by atoms with Crippen molar-refractivity contribution in [2.24, 2.45) is 5.92 Å². The van der Waals surface area contributed by atoms with E-state index >= 15 is 0 Å². The Morgan fingerprint density at radius 2 is 1.77 bits per heavy atom. The maximum Gasteiger partial charge on any atom is 0.410 e. The zero-order chi connectivity index (χ0) is 19.5. The summed E-state index contributed by atoms with van der Waals surface area (Å²) in [6.45, 7) is 5.47. The zero-order valence-corrected chi connectivity index (χ0v) is 16.1. The molecular weight excluding hydrogens is 337 g/mol. The number of ketones is 1. The van der Waals surface area contributed by atoms with Gasteiger partial charge in [-0.2, -0.15) is 0 Å². The van der Waals surface area contributed by atoms with Gasteiger partial charge in [0, 0.05) is 25.6 Å². The molecule has 0 aromatic heterocycles. The monoisotopic (exact) mass is 365 g/mol. The number of carbonyl (C=O) groups excluding carboxylic acids is 2. The van der Waals surface area contributed by atoms with Gasteiger partial charge in [-0.25, -0.2) is 9.18 Å². The lowest BCUT2D eigenvalue weighted by Gasteiger charge is -2.40. The first-order chi connectivity index (χ1) is 12.1. The number of carbonyl (C=O) groups is 2. The van der Waals surface area contributed by atoms with Crippen molar-refractivity contribution in [3.63, 3.8) is 0 Å². The number of nitrogens with zero attached hydrogens (tertiary/aromatic N) is 1. The van der Waals surface area contributed by atoms with Gasteiger partial charge in [-0.15, -0.1) is 0 Å². The first kappa shape index (κ1) is 20.4. The average molecular weight is 365 g/mol. The number of amides is 1. The number of rotatable bonds is 4. The predicted octanol–water partition coefficient (Wildman–Crippen LogP) is 4.06. The molecular formula is C20H28FNO4. The fourth-order valence-corrected chi connectivity index (χ4v) is 3.37. The molecule has 0 saturated heterocycles. The normalized spacial score (nSPS) is 23.4. The molecule has 1 aliphatic carbocycles. The summed E-state index contributed by atoms with van der Waals surface area (Å²) in [5.41, 5.74) is -0.0610. The van der Waals surface area contributed by atoms with E-state index in [1.165, 1.54) is 24.3 Å². The fourth-order valence-electron chi connectivity index (χ4n) is 3.37. The molecule has 6 heteroatoms. The Balaban J connectivity index is 2.04. The number of ether oxygens (including phenoxy) is 2. The molecule has 1 aliphatic rings. The number of Topliss-reactive ketones (excluding diaryl/α,β-unsaturated/α-hetero) is 1. The molecule has 1 saturated carbocycles. The minimum Gasteiger partial charge on any atom is -0.444 e. The molecule has 3 atom stereocenters. The summed E-state index contributed by atoms with van der Waals surface area (Å²) >= 11 is 0. The number of hydrogen-bond acceptors (Lipinski definition) is 4. The van der Waals surface area contributed by atoms with Gasteiger partial charge >= 0.3 is 6.09 Å². The van der Waals surface area contributed by atoms with E-state index in [0.29, 0.717) is 24.8 Å². The maximum atomic E-state index is 13.1. The largest absolute Gasteiger partial charge is 0.444 e. The van der Waals surface area contributed by atoms with Gasteiger partial charge < -0.3 is 14.4 Å². The van der Waals surface area contributed by atoms with Gasteiger partial charge in [0.25, 0.3) is 0 Å². The van der Waals surface area contributed by atoms with Crippen molar-refractivity contribution in [1.29, 1.82) is 0 Å². The van der Waals surface area contributed by atoms with E-state index in [0.717, 1.165) is 0 Å². The number of benzene rings is 1. The van der Waals surface area contributed by atoms with E-state index in [1.807, 2.05) is 20.8 Å². The van der Waals surface area contributed by atoms with Gasteiger partial charge in [0.1, 0.15) is 11.4 Å². The average Bonchev–Trinajstić information content (AvgIpc) is 2.59. The molecule has 1 amide bonds. The number of hydrogen-bond donors (Lipinski definition) is 0. The lowest BCUT2D eigenvalue weighted by Crippen LogP contribution is -2.50.